The second kappa shape index (κ2) is 14.4. The van der Waals surface area contributed by atoms with Crippen molar-refractivity contribution in [2.45, 2.75) is 19.4 Å². The molecule has 206 valence electrons. The molecule has 3 heteroatoms. The number of nitrogens with one attached hydrogen (secondary N) is 1. The van der Waals surface area contributed by atoms with Crippen molar-refractivity contribution < 1.29 is 4.79 Å². The number of pyridine rings is 1. The van der Waals surface area contributed by atoms with Gasteiger partial charge in [-0.3, -0.25) is 9.78 Å². The zero-order valence-corrected chi connectivity index (χ0v) is 23.7. The number of allylic oxidation sites excluding steroid dienone is 6. The molecule has 1 aliphatic rings. The van der Waals surface area contributed by atoms with Crippen LogP contribution in [-0.2, 0) is 11.3 Å². The topological polar surface area (TPSA) is 42.0 Å². The fraction of sp³-hybridized carbons (Fsp3) is 0.0769. The van der Waals surface area contributed by atoms with Crippen LogP contribution in [0.1, 0.15) is 29.7 Å². The van der Waals surface area contributed by atoms with E-state index in [-0.39, 0.29) is 11.7 Å². The first-order chi connectivity index (χ1) is 20.7. The van der Waals surface area contributed by atoms with Crippen LogP contribution in [0.5, 0.6) is 0 Å². The Kier molecular flexibility index (Phi) is 9.67. The van der Waals surface area contributed by atoms with Gasteiger partial charge in [-0.25, -0.2) is 0 Å². The number of nitrogens with zero attached hydrogens (tertiary/aromatic N) is 1. The number of carbonyl (C=O) groups is 1. The second-order valence-corrected chi connectivity index (χ2v) is 9.98. The molecule has 4 aromatic carbocycles. The number of hydrogen-bond acceptors (Lipinski definition) is 3. The van der Waals surface area contributed by atoms with Crippen LogP contribution >= 0.6 is 0 Å². The summed E-state index contributed by atoms with van der Waals surface area (Å²) >= 11 is 0. The molecule has 5 aromatic rings. The monoisotopic (exact) mass is 546 g/mol. The summed E-state index contributed by atoms with van der Waals surface area (Å²) in [5.41, 5.74) is 8.52. The first-order valence-electron chi connectivity index (χ1n) is 14.2. The minimum atomic E-state index is -0.0309. The van der Waals surface area contributed by atoms with Gasteiger partial charge in [0.15, 0.2) is 5.78 Å². The van der Waals surface area contributed by atoms with Gasteiger partial charge in [-0.15, -0.1) is 0 Å². The van der Waals surface area contributed by atoms with Gasteiger partial charge < -0.3 is 5.32 Å². The fourth-order valence-corrected chi connectivity index (χ4v) is 5.08. The van der Waals surface area contributed by atoms with E-state index in [9.17, 15) is 4.79 Å². The van der Waals surface area contributed by atoms with E-state index in [1.54, 1.807) is 13.1 Å². The lowest BCUT2D eigenvalue weighted by molar-refractivity contribution is -0.113. The summed E-state index contributed by atoms with van der Waals surface area (Å²) in [6.07, 6.45) is 7.66. The van der Waals surface area contributed by atoms with Crippen LogP contribution in [0.25, 0.3) is 11.1 Å². The molecule has 42 heavy (non-hydrogen) atoms. The Bertz CT molecular complexity index is 1580. The van der Waals surface area contributed by atoms with Crippen molar-refractivity contribution in [1.29, 1.82) is 0 Å². The van der Waals surface area contributed by atoms with E-state index in [1.165, 1.54) is 22.3 Å². The minimum Gasteiger partial charge on any atom is -0.381 e. The minimum absolute atomic E-state index is 0.0309. The van der Waals surface area contributed by atoms with Crippen LogP contribution in [0.4, 0.5) is 0 Å². The maximum Gasteiger partial charge on any atom is 0.160 e. The van der Waals surface area contributed by atoms with Crippen molar-refractivity contribution in [2.24, 2.45) is 0 Å². The zero-order chi connectivity index (χ0) is 29.0. The van der Waals surface area contributed by atoms with Gasteiger partial charge in [0, 0.05) is 29.0 Å². The van der Waals surface area contributed by atoms with Gasteiger partial charge in [-0.1, -0.05) is 146 Å². The Morgan fingerprint density at radius 2 is 1.17 bits per heavy atom. The average molecular weight is 547 g/mol. The summed E-state index contributed by atoms with van der Waals surface area (Å²) in [5.74, 6) is 0.0311. The Morgan fingerprint density at radius 1 is 0.667 bits per heavy atom. The largest absolute Gasteiger partial charge is 0.381 e. The highest BCUT2D eigenvalue weighted by Gasteiger charge is 2.25. The van der Waals surface area contributed by atoms with Gasteiger partial charge in [0.2, 0.25) is 0 Å². The Balaban J connectivity index is 0.000000244. The molecule has 1 N–H and O–H groups in total. The lowest BCUT2D eigenvalue weighted by Crippen LogP contribution is -2.23. The normalized spacial score (nSPS) is 13.1. The van der Waals surface area contributed by atoms with Gasteiger partial charge in [-0.2, -0.15) is 0 Å². The first kappa shape index (κ1) is 28.3. The van der Waals surface area contributed by atoms with Crippen LogP contribution in [0.2, 0.25) is 0 Å². The van der Waals surface area contributed by atoms with Crippen LogP contribution in [0, 0.1) is 0 Å². The Labute approximate surface area is 248 Å². The van der Waals surface area contributed by atoms with Gasteiger partial charge in [0.1, 0.15) is 0 Å². The van der Waals surface area contributed by atoms with E-state index in [1.807, 2.05) is 60.7 Å². The van der Waals surface area contributed by atoms with Crippen LogP contribution < -0.4 is 5.32 Å². The van der Waals surface area contributed by atoms with Crippen LogP contribution in [0.15, 0.2) is 181 Å². The summed E-state index contributed by atoms with van der Waals surface area (Å²) in [6.45, 7) is 2.20. The van der Waals surface area contributed by atoms with Crippen molar-refractivity contribution in [2.75, 3.05) is 0 Å². The van der Waals surface area contributed by atoms with E-state index in [2.05, 4.69) is 107 Å². The van der Waals surface area contributed by atoms with Gasteiger partial charge >= 0.3 is 0 Å². The van der Waals surface area contributed by atoms with Gasteiger partial charge in [0.05, 0.1) is 12.2 Å². The van der Waals surface area contributed by atoms with Crippen molar-refractivity contribution in [1.82, 2.24) is 10.3 Å². The number of hydrogen-bond donors (Lipinski definition) is 1. The smallest absolute Gasteiger partial charge is 0.160 e. The molecular weight excluding hydrogens is 512 g/mol. The fourth-order valence-electron chi connectivity index (χ4n) is 5.08. The van der Waals surface area contributed by atoms with E-state index < -0.39 is 0 Å². The zero-order valence-electron chi connectivity index (χ0n) is 23.7. The molecule has 6 rings (SSSR count). The van der Waals surface area contributed by atoms with Gasteiger partial charge in [0.25, 0.3) is 0 Å². The molecule has 0 amide bonds. The number of Topliss-reactive ketones (excluding diaryl/α,β-unsaturated/α-hetero) is 1. The molecule has 0 atom stereocenters. The van der Waals surface area contributed by atoms with E-state index in [0.29, 0.717) is 6.54 Å². The summed E-state index contributed by atoms with van der Waals surface area (Å²) in [6, 6.07) is 47.5. The molecule has 0 unspecified atom stereocenters. The molecule has 0 spiro atoms. The van der Waals surface area contributed by atoms with Crippen molar-refractivity contribution in [3.8, 4) is 11.1 Å². The summed E-state index contributed by atoms with van der Waals surface area (Å²) in [4.78, 5) is 16.8. The quantitative estimate of drug-likeness (QED) is 0.212. The molecule has 0 bridgehead atoms. The molecule has 1 heterocycles. The number of ketones is 1. The van der Waals surface area contributed by atoms with Crippen molar-refractivity contribution in [3.63, 3.8) is 0 Å². The van der Waals surface area contributed by atoms with E-state index in [4.69, 9.17) is 0 Å². The number of aromatic nitrogens is 1. The molecule has 0 radical (unpaired) electrons. The van der Waals surface area contributed by atoms with Crippen molar-refractivity contribution >= 4 is 5.78 Å². The molecular formula is C39H34N2O. The van der Waals surface area contributed by atoms with E-state index >= 15 is 0 Å². The highest BCUT2D eigenvalue weighted by Crippen LogP contribution is 2.36. The lowest BCUT2D eigenvalue weighted by Gasteiger charge is -2.25. The Morgan fingerprint density at radius 3 is 1.64 bits per heavy atom. The SMILES string of the molecule is CC(=O)C1=CC=CC1=C(NCc1ccccn1)C(c1ccccc1)c1ccccc1.c1ccc(-c2ccccc2)cc1. The molecule has 1 aliphatic carbocycles. The van der Waals surface area contributed by atoms with Gasteiger partial charge in [-0.05, 0) is 41.3 Å². The summed E-state index contributed by atoms with van der Waals surface area (Å²) in [7, 11) is 0. The number of rotatable bonds is 8. The standard InChI is InChI=1S/C27H24N2O.C12H10/c1-20(30)24-16-10-17-25(24)27(29-19-23-15-8-9-18-28-23)26(21-11-4-2-5-12-21)22-13-6-3-7-14-22;1-3-7-11(8-4-1)12-9-5-2-6-10-12/h2-18,26,29H,19H2,1H3;1-10H. The molecule has 1 aromatic heterocycles. The second-order valence-electron chi connectivity index (χ2n) is 9.98. The third kappa shape index (κ3) is 7.26. The third-order valence-electron chi connectivity index (χ3n) is 7.11. The Hall–Kier alpha value is -5.28. The predicted octanol–water partition coefficient (Wildman–Crippen LogP) is 8.70. The molecule has 3 nitrogen and oxygen atoms in total. The molecule has 0 fully saturated rings. The van der Waals surface area contributed by atoms with E-state index in [0.717, 1.165) is 22.5 Å². The number of benzene rings is 4. The number of carbonyl (C=O) groups excluding carboxylic acids is 1. The highest BCUT2D eigenvalue weighted by molar-refractivity contribution is 6.00. The van der Waals surface area contributed by atoms with Crippen molar-refractivity contribution in [3.05, 3.63) is 198 Å². The molecule has 0 saturated carbocycles. The molecule has 0 aliphatic heterocycles. The van der Waals surface area contributed by atoms with Crippen LogP contribution in [0.3, 0.4) is 0 Å². The predicted molar refractivity (Wildman–Crippen MR) is 173 cm³/mol. The third-order valence-corrected chi connectivity index (χ3v) is 7.11. The first-order valence-corrected chi connectivity index (χ1v) is 14.2. The average Bonchev–Trinajstić information content (AvgIpc) is 3.56. The highest BCUT2D eigenvalue weighted by atomic mass is 16.1. The summed E-state index contributed by atoms with van der Waals surface area (Å²) < 4.78 is 0. The maximum absolute atomic E-state index is 12.3. The lowest BCUT2D eigenvalue weighted by atomic mass is 9.85. The van der Waals surface area contributed by atoms with Crippen LogP contribution in [-0.4, -0.2) is 10.8 Å². The maximum atomic E-state index is 12.3. The molecule has 0 saturated heterocycles. The summed E-state index contributed by atoms with van der Waals surface area (Å²) in [5, 5.41) is 3.63.